The summed E-state index contributed by atoms with van der Waals surface area (Å²) >= 11 is 6.34. The Balaban J connectivity index is 1.98. The lowest BCUT2D eigenvalue weighted by atomic mass is 9.95. The van der Waals surface area contributed by atoms with E-state index in [1.54, 1.807) is 0 Å². The zero-order valence-electron chi connectivity index (χ0n) is 12.0. The molecule has 0 aliphatic rings. The van der Waals surface area contributed by atoms with Gasteiger partial charge in [-0.3, -0.25) is 0 Å². The highest BCUT2D eigenvalue weighted by atomic mass is 35.5. The van der Waals surface area contributed by atoms with Crippen LogP contribution in [0.5, 0.6) is 0 Å². The molecular formula is C19H18ClN. The fourth-order valence-electron chi connectivity index (χ4n) is 2.82. The third-order valence-corrected chi connectivity index (χ3v) is 4.28. The van der Waals surface area contributed by atoms with Crippen molar-refractivity contribution in [3.63, 3.8) is 0 Å². The fraction of sp³-hybridized carbons (Fsp3) is 0.158. The van der Waals surface area contributed by atoms with Gasteiger partial charge in [-0.05, 0) is 41.4 Å². The molecule has 0 fully saturated rings. The van der Waals surface area contributed by atoms with Crippen LogP contribution in [0.4, 0.5) is 0 Å². The van der Waals surface area contributed by atoms with Crippen LogP contribution >= 0.6 is 11.6 Å². The maximum absolute atomic E-state index is 6.34. The lowest BCUT2D eigenvalue weighted by Crippen LogP contribution is -2.19. The molecule has 1 nitrogen and oxygen atoms in total. The first-order valence-electron chi connectivity index (χ1n) is 7.18. The minimum absolute atomic E-state index is 0.213. The zero-order chi connectivity index (χ0) is 14.7. The van der Waals surface area contributed by atoms with E-state index in [0.29, 0.717) is 0 Å². The van der Waals surface area contributed by atoms with Gasteiger partial charge in [-0.25, -0.2) is 0 Å². The highest BCUT2D eigenvalue weighted by molar-refractivity contribution is 6.31. The van der Waals surface area contributed by atoms with E-state index in [-0.39, 0.29) is 6.04 Å². The van der Waals surface area contributed by atoms with Crippen LogP contribution < -0.4 is 5.32 Å². The van der Waals surface area contributed by atoms with Gasteiger partial charge in [0.25, 0.3) is 0 Å². The first-order chi connectivity index (χ1) is 10.3. The summed E-state index contributed by atoms with van der Waals surface area (Å²) in [5.41, 5.74) is 2.49. The predicted octanol–water partition coefficient (Wildman–Crippen LogP) is 5.00. The Labute approximate surface area is 130 Å². The van der Waals surface area contributed by atoms with Gasteiger partial charge in [-0.1, -0.05) is 72.3 Å². The van der Waals surface area contributed by atoms with Crippen molar-refractivity contribution in [1.82, 2.24) is 5.32 Å². The molecule has 1 unspecified atom stereocenters. The minimum atomic E-state index is 0.213. The van der Waals surface area contributed by atoms with Gasteiger partial charge in [0.1, 0.15) is 0 Å². The van der Waals surface area contributed by atoms with Crippen molar-refractivity contribution in [2.75, 3.05) is 7.05 Å². The summed E-state index contributed by atoms with van der Waals surface area (Å²) in [5.74, 6) is 0. The van der Waals surface area contributed by atoms with E-state index in [1.807, 2.05) is 25.2 Å². The standard InChI is InChI=1S/C19H18ClN/c1-21-19(17-11-4-5-12-18(17)20)13-15-9-6-8-14-7-2-3-10-16(14)15/h2-12,19,21H,13H2,1H3. The molecule has 106 valence electrons. The number of nitrogens with one attached hydrogen (secondary N) is 1. The smallest absolute Gasteiger partial charge is 0.0453 e. The summed E-state index contributed by atoms with van der Waals surface area (Å²) in [4.78, 5) is 0. The van der Waals surface area contributed by atoms with Gasteiger partial charge >= 0.3 is 0 Å². The average Bonchev–Trinajstić information content (AvgIpc) is 2.53. The van der Waals surface area contributed by atoms with Crippen LogP contribution in [0.2, 0.25) is 5.02 Å². The molecule has 3 aromatic rings. The Morgan fingerprint density at radius 1 is 0.905 bits per heavy atom. The summed E-state index contributed by atoms with van der Waals surface area (Å²) in [6, 6.07) is 23.2. The van der Waals surface area contributed by atoms with Crippen molar-refractivity contribution in [3.8, 4) is 0 Å². The van der Waals surface area contributed by atoms with Crippen LogP contribution in [-0.2, 0) is 6.42 Å². The molecule has 0 saturated carbocycles. The van der Waals surface area contributed by atoms with E-state index in [1.165, 1.54) is 16.3 Å². The third-order valence-electron chi connectivity index (χ3n) is 3.93. The highest BCUT2D eigenvalue weighted by Gasteiger charge is 2.14. The van der Waals surface area contributed by atoms with Crippen molar-refractivity contribution in [2.24, 2.45) is 0 Å². The Morgan fingerprint density at radius 2 is 1.62 bits per heavy atom. The molecule has 2 heteroatoms. The Morgan fingerprint density at radius 3 is 2.43 bits per heavy atom. The fourth-order valence-corrected chi connectivity index (χ4v) is 3.08. The van der Waals surface area contributed by atoms with Gasteiger partial charge in [0.05, 0.1) is 0 Å². The zero-order valence-corrected chi connectivity index (χ0v) is 12.8. The predicted molar refractivity (Wildman–Crippen MR) is 90.9 cm³/mol. The summed E-state index contributed by atoms with van der Waals surface area (Å²) in [6.45, 7) is 0. The van der Waals surface area contributed by atoms with E-state index in [0.717, 1.165) is 17.0 Å². The highest BCUT2D eigenvalue weighted by Crippen LogP contribution is 2.28. The Bertz CT molecular complexity index is 746. The number of halogens is 1. The second-order valence-corrected chi connectivity index (χ2v) is 5.61. The number of hydrogen-bond donors (Lipinski definition) is 1. The number of hydrogen-bond acceptors (Lipinski definition) is 1. The molecule has 0 amide bonds. The quantitative estimate of drug-likeness (QED) is 0.714. The van der Waals surface area contributed by atoms with Crippen LogP contribution in [-0.4, -0.2) is 7.05 Å². The molecule has 0 heterocycles. The van der Waals surface area contributed by atoms with Crippen molar-refractivity contribution < 1.29 is 0 Å². The molecule has 0 aromatic heterocycles. The molecule has 3 rings (SSSR count). The van der Waals surface area contributed by atoms with Crippen LogP contribution in [0.1, 0.15) is 17.2 Å². The first-order valence-corrected chi connectivity index (χ1v) is 7.55. The van der Waals surface area contributed by atoms with Gasteiger partial charge in [-0.2, -0.15) is 0 Å². The molecule has 0 bridgehead atoms. The van der Waals surface area contributed by atoms with Crippen LogP contribution in [0.3, 0.4) is 0 Å². The topological polar surface area (TPSA) is 12.0 Å². The molecule has 21 heavy (non-hydrogen) atoms. The van der Waals surface area contributed by atoms with E-state index in [9.17, 15) is 0 Å². The second-order valence-electron chi connectivity index (χ2n) is 5.21. The Kier molecular flexibility index (Phi) is 4.23. The van der Waals surface area contributed by atoms with Crippen molar-refractivity contribution in [3.05, 3.63) is 82.9 Å². The van der Waals surface area contributed by atoms with Gasteiger partial charge in [0.15, 0.2) is 0 Å². The van der Waals surface area contributed by atoms with Crippen LogP contribution in [0.15, 0.2) is 66.7 Å². The normalized spacial score (nSPS) is 12.5. The Hall–Kier alpha value is -1.83. The third kappa shape index (κ3) is 2.94. The minimum Gasteiger partial charge on any atom is -0.313 e. The molecule has 0 saturated heterocycles. The average molecular weight is 296 g/mol. The number of fused-ring (bicyclic) bond motifs is 1. The van der Waals surface area contributed by atoms with E-state index < -0.39 is 0 Å². The summed E-state index contributed by atoms with van der Waals surface area (Å²) in [6.07, 6.45) is 0.918. The van der Waals surface area contributed by atoms with E-state index in [4.69, 9.17) is 11.6 Å². The SMILES string of the molecule is CNC(Cc1cccc2ccccc12)c1ccccc1Cl. The monoisotopic (exact) mass is 295 g/mol. The van der Waals surface area contributed by atoms with E-state index >= 15 is 0 Å². The summed E-state index contributed by atoms with van der Waals surface area (Å²) < 4.78 is 0. The van der Waals surface area contributed by atoms with Crippen molar-refractivity contribution in [2.45, 2.75) is 12.5 Å². The molecule has 0 spiro atoms. The van der Waals surface area contributed by atoms with Gasteiger partial charge in [0, 0.05) is 11.1 Å². The molecule has 1 atom stereocenters. The molecule has 0 radical (unpaired) electrons. The molecule has 1 N–H and O–H groups in total. The van der Waals surface area contributed by atoms with Crippen LogP contribution in [0, 0.1) is 0 Å². The number of rotatable bonds is 4. The first kappa shape index (κ1) is 14.1. The van der Waals surface area contributed by atoms with Crippen LogP contribution in [0.25, 0.3) is 10.8 Å². The molecule has 0 aliphatic heterocycles. The second kappa shape index (κ2) is 6.30. The van der Waals surface area contributed by atoms with Gasteiger partial charge in [-0.15, -0.1) is 0 Å². The van der Waals surface area contributed by atoms with Crippen molar-refractivity contribution in [1.29, 1.82) is 0 Å². The largest absolute Gasteiger partial charge is 0.313 e. The molecular weight excluding hydrogens is 278 g/mol. The maximum Gasteiger partial charge on any atom is 0.0453 e. The van der Waals surface area contributed by atoms with Gasteiger partial charge < -0.3 is 5.32 Å². The summed E-state index contributed by atoms with van der Waals surface area (Å²) in [7, 11) is 1.99. The maximum atomic E-state index is 6.34. The number of benzene rings is 3. The lowest BCUT2D eigenvalue weighted by molar-refractivity contribution is 0.594. The van der Waals surface area contributed by atoms with Gasteiger partial charge in [0.2, 0.25) is 0 Å². The summed E-state index contributed by atoms with van der Waals surface area (Å²) in [5, 5.41) is 6.80. The van der Waals surface area contributed by atoms with E-state index in [2.05, 4.69) is 53.8 Å². The lowest BCUT2D eigenvalue weighted by Gasteiger charge is -2.19. The molecule has 0 aliphatic carbocycles. The molecule has 3 aromatic carbocycles. The number of likely N-dealkylation sites (N-methyl/N-ethyl adjacent to an activating group) is 1. The van der Waals surface area contributed by atoms with Crippen molar-refractivity contribution >= 4 is 22.4 Å².